The number of aliphatic hydroxyl groups is 1. The molecule has 1 aromatic rings. The van der Waals surface area contributed by atoms with Gasteiger partial charge in [-0.2, -0.15) is 0 Å². The minimum absolute atomic E-state index is 0.471. The van der Waals surface area contributed by atoms with Crippen LogP contribution in [0.25, 0.3) is 0 Å². The standard InChI is InChI=1S/C19H34N4O2/c1-5-11-19(24,12-6-2)15-23-18(20-7-3)22-14-16-10-9-13-21-17(16)25-8-4/h9-10,13,24H,5-8,11-12,14-15H2,1-4H3,(H2,20,22,23). The molecule has 0 saturated carbocycles. The number of nitrogens with zero attached hydrogens (tertiary/aromatic N) is 2. The third kappa shape index (κ3) is 7.73. The summed E-state index contributed by atoms with van der Waals surface area (Å²) in [5, 5.41) is 17.3. The van der Waals surface area contributed by atoms with Crippen LogP contribution in [-0.4, -0.2) is 41.3 Å². The molecule has 0 fully saturated rings. The Hall–Kier alpha value is -1.82. The van der Waals surface area contributed by atoms with E-state index in [0.717, 1.165) is 37.8 Å². The Morgan fingerprint density at radius 3 is 2.52 bits per heavy atom. The lowest BCUT2D eigenvalue weighted by molar-refractivity contribution is 0.0257. The summed E-state index contributed by atoms with van der Waals surface area (Å²) in [5.41, 5.74) is 0.253. The Balaban J connectivity index is 2.77. The highest BCUT2D eigenvalue weighted by Crippen LogP contribution is 2.18. The number of aromatic nitrogens is 1. The molecule has 0 amide bonds. The molecule has 0 atom stereocenters. The van der Waals surface area contributed by atoms with E-state index in [4.69, 9.17) is 4.74 Å². The van der Waals surface area contributed by atoms with Gasteiger partial charge >= 0.3 is 0 Å². The van der Waals surface area contributed by atoms with Gasteiger partial charge in [0.1, 0.15) is 0 Å². The van der Waals surface area contributed by atoms with Crippen LogP contribution in [0.4, 0.5) is 0 Å². The maximum absolute atomic E-state index is 10.8. The van der Waals surface area contributed by atoms with E-state index < -0.39 is 5.60 Å². The van der Waals surface area contributed by atoms with Gasteiger partial charge < -0.3 is 20.5 Å². The Labute approximate surface area is 152 Å². The van der Waals surface area contributed by atoms with Crippen molar-refractivity contribution in [2.75, 3.05) is 19.7 Å². The first-order valence-electron chi connectivity index (χ1n) is 9.39. The SMILES string of the molecule is CCCC(O)(CCC)CNC(=NCc1cccnc1OCC)NCC. The fourth-order valence-corrected chi connectivity index (χ4v) is 2.80. The minimum Gasteiger partial charge on any atom is -0.478 e. The van der Waals surface area contributed by atoms with Gasteiger partial charge in [0.25, 0.3) is 0 Å². The zero-order valence-corrected chi connectivity index (χ0v) is 16.1. The van der Waals surface area contributed by atoms with E-state index in [1.807, 2.05) is 26.0 Å². The molecule has 0 aliphatic heterocycles. The second-order valence-corrected chi connectivity index (χ2v) is 6.17. The van der Waals surface area contributed by atoms with Crippen molar-refractivity contribution in [3.63, 3.8) is 0 Å². The van der Waals surface area contributed by atoms with Crippen LogP contribution in [-0.2, 0) is 6.54 Å². The first-order chi connectivity index (χ1) is 12.1. The lowest BCUT2D eigenvalue weighted by Crippen LogP contribution is -2.47. The van der Waals surface area contributed by atoms with Gasteiger partial charge in [-0.3, -0.25) is 0 Å². The van der Waals surface area contributed by atoms with Gasteiger partial charge in [-0.25, -0.2) is 9.98 Å². The summed E-state index contributed by atoms with van der Waals surface area (Å²) < 4.78 is 5.55. The van der Waals surface area contributed by atoms with Crippen LogP contribution >= 0.6 is 0 Å². The van der Waals surface area contributed by atoms with E-state index in [2.05, 4.69) is 34.5 Å². The number of guanidine groups is 1. The minimum atomic E-state index is -0.690. The van der Waals surface area contributed by atoms with Gasteiger partial charge in [0.2, 0.25) is 5.88 Å². The predicted molar refractivity (Wildman–Crippen MR) is 103 cm³/mol. The van der Waals surface area contributed by atoms with E-state index in [0.29, 0.717) is 31.5 Å². The highest BCUT2D eigenvalue weighted by molar-refractivity contribution is 5.79. The van der Waals surface area contributed by atoms with Crippen molar-refractivity contribution in [2.24, 2.45) is 4.99 Å². The molecule has 0 aliphatic rings. The van der Waals surface area contributed by atoms with Crippen LogP contribution in [0.1, 0.15) is 58.9 Å². The lowest BCUT2D eigenvalue weighted by Gasteiger charge is -2.28. The molecule has 25 heavy (non-hydrogen) atoms. The van der Waals surface area contributed by atoms with Crippen molar-refractivity contribution in [3.8, 4) is 5.88 Å². The number of hydrogen-bond donors (Lipinski definition) is 3. The molecule has 142 valence electrons. The highest BCUT2D eigenvalue weighted by atomic mass is 16.5. The second-order valence-electron chi connectivity index (χ2n) is 6.17. The smallest absolute Gasteiger partial charge is 0.218 e. The molecule has 3 N–H and O–H groups in total. The van der Waals surface area contributed by atoms with Crippen LogP contribution in [0.15, 0.2) is 23.3 Å². The fourth-order valence-electron chi connectivity index (χ4n) is 2.80. The topological polar surface area (TPSA) is 78.8 Å². The number of hydrogen-bond acceptors (Lipinski definition) is 4. The normalized spacial score (nSPS) is 12.1. The zero-order valence-electron chi connectivity index (χ0n) is 16.1. The van der Waals surface area contributed by atoms with E-state index in [-0.39, 0.29) is 0 Å². The van der Waals surface area contributed by atoms with Gasteiger partial charge in [-0.1, -0.05) is 32.8 Å². The van der Waals surface area contributed by atoms with Crippen LogP contribution in [0, 0.1) is 0 Å². The van der Waals surface area contributed by atoms with E-state index in [1.165, 1.54) is 0 Å². The second kappa shape index (κ2) is 11.7. The third-order valence-corrected chi connectivity index (χ3v) is 3.90. The van der Waals surface area contributed by atoms with Gasteiger partial charge in [0, 0.05) is 24.8 Å². The summed E-state index contributed by atoms with van der Waals surface area (Å²) >= 11 is 0. The van der Waals surface area contributed by atoms with Crippen molar-refractivity contribution in [1.82, 2.24) is 15.6 Å². The van der Waals surface area contributed by atoms with Crippen LogP contribution < -0.4 is 15.4 Å². The zero-order chi connectivity index (χ0) is 18.5. The molecule has 6 heteroatoms. The summed E-state index contributed by atoms with van der Waals surface area (Å²) in [5.74, 6) is 1.32. The molecule has 1 rings (SSSR count). The average Bonchev–Trinajstić information content (AvgIpc) is 2.59. The Kier molecular flexibility index (Phi) is 9.92. The Morgan fingerprint density at radius 1 is 1.20 bits per heavy atom. The summed E-state index contributed by atoms with van der Waals surface area (Å²) in [6.45, 7) is 10.5. The first kappa shape index (κ1) is 21.2. The number of rotatable bonds is 11. The quantitative estimate of drug-likeness (QED) is 0.422. The monoisotopic (exact) mass is 350 g/mol. The maximum Gasteiger partial charge on any atom is 0.218 e. The molecule has 6 nitrogen and oxygen atoms in total. The summed E-state index contributed by atoms with van der Waals surface area (Å²) in [7, 11) is 0. The Morgan fingerprint density at radius 2 is 1.92 bits per heavy atom. The van der Waals surface area contributed by atoms with Crippen LogP contribution in [0.5, 0.6) is 5.88 Å². The summed E-state index contributed by atoms with van der Waals surface area (Å²) in [6.07, 6.45) is 5.20. The first-order valence-corrected chi connectivity index (χ1v) is 9.39. The van der Waals surface area contributed by atoms with Crippen LogP contribution in [0.3, 0.4) is 0 Å². The Bertz CT molecular complexity index is 514. The number of ether oxygens (including phenoxy) is 1. The molecule has 0 radical (unpaired) electrons. The molecular formula is C19H34N4O2. The van der Waals surface area contributed by atoms with Gasteiger partial charge in [0.15, 0.2) is 5.96 Å². The molecule has 0 aliphatic carbocycles. The van der Waals surface area contributed by atoms with Crippen molar-refractivity contribution >= 4 is 5.96 Å². The molecular weight excluding hydrogens is 316 g/mol. The summed E-state index contributed by atoms with van der Waals surface area (Å²) in [6, 6.07) is 3.85. The van der Waals surface area contributed by atoms with Gasteiger partial charge in [0.05, 0.1) is 18.8 Å². The average molecular weight is 351 g/mol. The molecule has 0 unspecified atom stereocenters. The third-order valence-electron chi connectivity index (χ3n) is 3.90. The largest absolute Gasteiger partial charge is 0.478 e. The van der Waals surface area contributed by atoms with Crippen molar-refractivity contribution in [1.29, 1.82) is 0 Å². The molecule has 0 spiro atoms. The number of aliphatic imine (C=N–C) groups is 1. The van der Waals surface area contributed by atoms with Crippen molar-refractivity contribution in [2.45, 2.75) is 65.5 Å². The predicted octanol–water partition coefficient (Wildman–Crippen LogP) is 2.87. The molecule has 0 saturated heterocycles. The van der Waals surface area contributed by atoms with E-state index >= 15 is 0 Å². The van der Waals surface area contributed by atoms with Crippen molar-refractivity contribution in [3.05, 3.63) is 23.9 Å². The van der Waals surface area contributed by atoms with E-state index in [9.17, 15) is 5.11 Å². The van der Waals surface area contributed by atoms with Crippen molar-refractivity contribution < 1.29 is 9.84 Å². The highest BCUT2D eigenvalue weighted by Gasteiger charge is 2.24. The van der Waals surface area contributed by atoms with E-state index in [1.54, 1.807) is 6.20 Å². The van der Waals surface area contributed by atoms with Gasteiger partial charge in [-0.15, -0.1) is 0 Å². The number of pyridine rings is 1. The molecule has 1 aromatic heterocycles. The maximum atomic E-state index is 10.8. The van der Waals surface area contributed by atoms with Gasteiger partial charge in [-0.05, 0) is 32.8 Å². The molecule has 1 heterocycles. The fraction of sp³-hybridized carbons (Fsp3) is 0.684. The molecule has 0 bridgehead atoms. The lowest BCUT2D eigenvalue weighted by atomic mass is 9.93. The summed E-state index contributed by atoms with van der Waals surface area (Å²) in [4.78, 5) is 8.87. The van der Waals surface area contributed by atoms with Crippen LogP contribution in [0.2, 0.25) is 0 Å². The molecule has 0 aromatic carbocycles. The number of nitrogens with one attached hydrogen (secondary N) is 2.